The molecule has 0 bridgehead atoms. The molecule has 21 heavy (non-hydrogen) atoms. The molecule has 3 nitrogen and oxygen atoms in total. The quantitative estimate of drug-likeness (QED) is 0.675. The van der Waals surface area contributed by atoms with E-state index < -0.39 is 11.8 Å². The van der Waals surface area contributed by atoms with E-state index in [1.54, 1.807) is 24.3 Å². The summed E-state index contributed by atoms with van der Waals surface area (Å²) in [6, 6.07) is 9.67. The number of ether oxygens (including phenoxy) is 2. The zero-order valence-corrected chi connectivity index (χ0v) is 14.2. The largest absolute Gasteiger partial charge is 0.486 e. The molecule has 0 aliphatic carbocycles. The molecule has 0 aromatic heterocycles. The highest BCUT2D eigenvalue weighted by atomic mass is 79.9. The summed E-state index contributed by atoms with van der Waals surface area (Å²) in [5.74, 6) is -0.816. The van der Waals surface area contributed by atoms with Crippen LogP contribution in [0.3, 0.4) is 0 Å². The van der Waals surface area contributed by atoms with Gasteiger partial charge in [0.05, 0.1) is 12.7 Å². The van der Waals surface area contributed by atoms with Crippen molar-refractivity contribution in [3.05, 3.63) is 62.3 Å². The van der Waals surface area contributed by atoms with Gasteiger partial charge < -0.3 is 9.47 Å². The molecule has 0 saturated carbocycles. The maximum atomic E-state index is 13.7. The van der Waals surface area contributed by atoms with Gasteiger partial charge in [-0.3, -0.25) is 0 Å². The number of carbonyl (C=O) groups excluding carboxylic acids is 1. The molecule has 2 aromatic rings. The van der Waals surface area contributed by atoms with Gasteiger partial charge in [0.1, 0.15) is 6.61 Å². The summed E-state index contributed by atoms with van der Waals surface area (Å²) in [6.45, 7) is 0.0657. The predicted molar refractivity (Wildman–Crippen MR) is 83.9 cm³/mol. The Morgan fingerprint density at radius 1 is 1.14 bits per heavy atom. The molecule has 0 radical (unpaired) electrons. The third-order valence-electron chi connectivity index (χ3n) is 2.75. The van der Waals surface area contributed by atoms with Crippen LogP contribution in [0.4, 0.5) is 4.39 Å². The lowest BCUT2D eigenvalue weighted by Crippen LogP contribution is -2.08. The molecule has 0 N–H and O–H groups in total. The fourth-order valence-corrected chi connectivity index (χ4v) is 2.42. The molecular weight excluding hydrogens is 407 g/mol. The minimum absolute atomic E-state index is 0.0657. The average Bonchev–Trinajstić information content (AvgIpc) is 2.46. The molecule has 6 heteroatoms. The third kappa shape index (κ3) is 4.04. The number of rotatable bonds is 4. The van der Waals surface area contributed by atoms with Gasteiger partial charge in [-0.05, 0) is 30.3 Å². The summed E-state index contributed by atoms with van der Waals surface area (Å²) in [4.78, 5) is 11.7. The van der Waals surface area contributed by atoms with Crippen LogP contribution in [0.15, 0.2) is 45.3 Å². The number of methoxy groups -OCH3 is 1. The minimum atomic E-state index is -0.471. The van der Waals surface area contributed by atoms with Crippen LogP contribution in [0.25, 0.3) is 0 Å². The van der Waals surface area contributed by atoms with E-state index in [0.29, 0.717) is 15.6 Å². The van der Waals surface area contributed by atoms with Gasteiger partial charge in [-0.25, -0.2) is 9.18 Å². The molecule has 0 heterocycles. The molecule has 0 fully saturated rings. The second kappa shape index (κ2) is 7.04. The molecule has 110 valence electrons. The highest BCUT2D eigenvalue weighted by Gasteiger charge is 2.13. The van der Waals surface area contributed by atoms with Crippen molar-refractivity contribution >= 4 is 37.8 Å². The summed E-state index contributed by atoms with van der Waals surface area (Å²) in [7, 11) is 1.31. The van der Waals surface area contributed by atoms with Crippen LogP contribution in [-0.2, 0) is 11.3 Å². The van der Waals surface area contributed by atoms with Crippen molar-refractivity contribution in [3.63, 3.8) is 0 Å². The second-order valence-corrected chi connectivity index (χ2v) is 5.99. The standard InChI is InChI=1S/C15H11Br2FO3/c1-20-15(19)12-6-10(16)3-2-9(12)8-21-14-5-4-11(17)7-13(14)18/h2-7H,8H2,1H3. The first kappa shape index (κ1) is 16.0. The summed E-state index contributed by atoms with van der Waals surface area (Å²) >= 11 is 6.47. The first-order chi connectivity index (χ1) is 10.0. The van der Waals surface area contributed by atoms with Gasteiger partial charge in [0, 0.05) is 14.5 Å². The van der Waals surface area contributed by atoms with Crippen molar-refractivity contribution in [2.75, 3.05) is 7.11 Å². The Hall–Kier alpha value is -1.40. The summed E-state index contributed by atoms with van der Waals surface area (Å²) < 4.78 is 25.2. The molecule has 0 spiro atoms. The predicted octanol–water partition coefficient (Wildman–Crippen LogP) is 4.72. The number of esters is 1. The smallest absolute Gasteiger partial charge is 0.338 e. The van der Waals surface area contributed by atoms with Crippen molar-refractivity contribution in [2.24, 2.45) is 0 Å². The molecule has 0 saturated heterocycles. The minimum Gasteiger partial charge on any atom is -0.486 e. The van der Waals surface area contributed by atoms with Gasteiger partial charge in [0.2, 0.25) is 0 Å². The lowest BCUT2D eigenvalue weighted by molar-refractivity contribution is 0.0597. The fraction of sp³-hybridized carbons (Fsp3) is 0.133. The fourth-order valence-electron chi connectivity index (χ4n) is 1.72. The molecule has 0 unspecified atom stereocenters. The molecule has 0 aliphatic heterocycles. The van der Waals surface area contributed by atoms with E-state index in [1.165, 1.54) is 19.2 Å². The Morgan fingerprint density at radius 2 is 1.81 bits per heavy atom. The number of carbonyl (C=O) groups is 1. The van der Waals surface area contributed by atoms with Gasteiger partial charge in [-0.2, -0.15) is 0 Å². The van der Waals surface area contributed by atoms with Crippen LogP contribution in [0.1, 0.15) is 15.9 Å². The van der Waals surface area contributed by atoms with E-state index in [2.05, 4.69) is 31.9 Å². The highest BCUT2D eigenvalue weighted by Crippen LogP contribution is 2.24. The maximum absolute atomic E-state index is 13.7. The van der Waals surface area contributed by atoms with Crippen molar-refractivity contribution in [1.29, 1.82) is 0 Å². The van der Waals surface area contributed by atoms with E-state index in [0.717, 1.165) is 4.47 Å². The summed E-state index contributed by atoms with van der Waals surface area (Å²) in [5, 5.41) is 0. The number of hydrogen-bond acceptors (Lipinski definition) is 3. The maximum Gasteiger partial charge on any atom is 0.338 e. The Labute approximate surface area is 138 Å². The lowest BCUT2D eigenvalue weighted by Gasteiger charge is -2.11. The Balaban J connectivity index is 2.21. The van der Waals surface area contributed by atoms with E-state index in [9.17, 15) is 9.18 Å². The Bertz CT molecular complexity index is 674. The van der Waals surface area contributed by atoms with Crippen molar-refractivity contribution in [1.82, 2.24) is 0 Å². The molecule has 2 aromatic carbocycles. The van der Waals surface area contributed by atoms with Crippen LogP contribution in [0, 0.1) is 5.82 Å². The van der Waals surface area contributed by atoms with Crippen molar-refractivity contribution < 1.29 is 18.7 Å². The summed E-state index contributed by atoms with van der Waals surface area (Å²) in [6.07, 6.45) is 0. The van der Waals surface area contributed by atoms with Crippen LogP contribution >= 0.6 is 31.9 Å². The zero-order valence-electron chi connectivity index (χ0n) is 11.0. The number of halogens is 3. The first-order valence-corrected chi connectivity index (χ1v) is 7.54. The van der Waals surface area contributed by atoms with Crippen molar-refractivity contribution in [3.8, 4) is 5.75 Å². The molecule has 2 rings (SSSR count). The molecular formula is C15H11Br2FO3. The van der Waals surface area contributed by atoms with Gasteiger partial charge in [0.25, 0.3) is 0 Å². The zero-order chi connectivity index (χ0) is 15.4. The van der Waals surface area contributed by atoms with E-state index in [4.69, 9.17) is 9.47 Å². The number of benzene rings is 2. The van der Waals surface area contributed by atoms with Crippen molar-refractivity contribution in [2.45, 2.75) is 6.61 Å². The number of hydrogen-bond donors (Lipinski definition) is 0. The highest BCUT2D eigenvalue weighted by molar-refractivity contribution is 9.10. The third-order valence-corrected chi connectivity index (χ3v) is 3.74. The molecule has 0 aliphatic rings. The van der Waals surface area contributed by atoms with Crippen LogP contribution in [0.5, 0.6) is 5.75 Å². The van der Waals surface area contributed by atoms with E-state index in [-0.39, 0.29) is 12.4 Å². The Kier molecular flexibility index (Phi) is 5.36. The normalized spacial score (nSPS) is 10.3. The molecule has 0 atom stereocenters. The van der Waals surface area contributed by atoms with E-state index >= 15 is 0 Å². The van der Waals surface area contributed by atoms with E-state index in [1.807, 2.05) is 0 Å². The average molecular weight is 418 g/mol. The first-order valence-electron chi connectivity index (χ1n) is 5.96. The summed E-state index contributed by atoms with van der Waals surface area (Å²) in [5.41, 5.74) is 0.997. The van der Waals surface area contributed by atoms with Gasteiger partial charge in [-0.15, -0.1) is 0 Å². The Morgan fingerprint density at radius 3 is 2.48 bits per heavy atom. The van der Waals surface area contributed by atoms with Gasteiger partial charge in [-0.1, -0.05) is 37.9 Å². The monoisotopic (exact) mass is 416 g/mol. The topological polar surface area (TPSA) is 35.5 Å². The SMILES string of the molecule is COC(=O)c1cc(Br)ccc1COc1ccc(Br)cc1F. The van der Waals surface area contributed by atoms with Crippen LogP contribution in [0.2, 0.25) is 0 Å². The van der Waals surface area contributed by atoms with Gasteiger partial charge in [0.15, 0.2) is 11.6 Å². The molecule has 0 amide bonds. The van der Waals surface area contributed by atoms with Crippen LogP contribution in [-0.4, -0.2) is 13.1 Å². The lowest BCUT2D eigenvalue weighted by atomic mass is 10.1. The second-order valence-electron chi connectivity index (χ2n) is 4.16. The van der Waals surface area contributed by atoms with Gasteiger partial charge >= 0.3 is 5.97 Å². The van der Waals surface area contributed by atoms with Crippen LogP contribution < -0.4 is 4.74 Å².